The molecule has 80 valence electrons. The Labute approximate surface area is 83.8 Å². The van der Waals surface area contributed by atoms with E-state index >= 15 is 0 Å². The van der Waals surface area contributed by atoms with Crippen molar-refractivity contribution in [2.75, 3.05) is 13.2 Å². The fourth-order valence-electron chi connectivity index (χ4n) is 2.52. The highest BCUT2D eigenvalue weighted by atomic mass is 16.6. The van der Waals surface area contributed by atoms with E-state index < -0.39 is 6.29 Å². The van der Waals surface area contributed by atoms with Crippen molar-refractivity contribution in [2.24, 2.45) is 0 Å². The van der Waals surface area contributed by atoms with Gasteiger partial charge < -0.3 is 9.84 Å². The van der Waals surface area contributed by atoms with Crippen LogP contribution in [0.5, 0.6) is 0 Å². The molecular weight excluding hydrogens is 182 g/mol. The van der Waals surface area contributed by atoms with Crippen molar-refractivity contribution in [3.05, 3.63) is 0 Å². The van der Waals surface area contributed by atoms with E-state index in [-0.39, 0.29) is 17.9 Å². The number of hydrogen-bond donors (Lipinski definition) is 1. The Morgan fingerprint density at radius 3 is 2.86 bits per heavy atom. The molecule has 2 heterocycles. The van der Waals surface area contributed by atoms with Crippen LogP contribution in [0, 0.1) is 0 Å². The second-order valence-electron chi connectivity index (χ2n) is 4.12. The lowest BCUT2D eigenvalue weighted by Gasteiger charge is -2.29. The van der Waals surface area contributed by atoms with Crippen LogP contribution in [-0.4, -0.2) is 47.3 Å². The molecular formula is C10H17NO3. The van der Waals surface area contributed by atoms with E-state index in [9.17, 15) is 9.90 Å². The topological polar surface area (TPSA) is 49.8 Å². The van der Waals surface area contributed by atoms with Crippen molar-refractivity contribution < 1.29 is 14.6 Å². The number of Topliss-reactive ketones (excluding diaryl/α,β-unsaturated/α-hetero) is 1. The van der Waals surface area contributed by atoms with Crippen molar-refractivity contribution in [3.8, 4) is 0 Å². The van der Waals surface area contributed by atoms with Gasteiger partial charge in [-0.25, -0.2) is 0 Å². The predicted molar refractivity (Wildman–Crippen MR) is 50.8 cm³/mol. The lowest BCUT2D eigenvalue weighted by atomic mass is 10.1. The third-order valence-electron chi connectivity index (χ3n) is 3.22. The number of likely N-dealkylation sites (tertiary alicyclic amines) is 1. The lowest BCUT2D eigenvalue weighted by molar-refractivity contribution is -0.126. The number of carbonyl (C=O) groups excluding carboxylic acids is 1. The van der Waals surface area contributed by atoms with Crippen molar-refractivity contribution in [2.45, 2.75) is 44.6 Å². The van der Waals surface area contributed by atoms with E-state index in [4.69, 9.17) is 4.74 Å². The van der Waals surface area contributed by atoms with Crippen molar-refractivity contribution >= 4 is 5.78 Å². The zero-order valence-corrected chi connectivity index (χ0v) is 8.48. The van der Waals surface area contributed by atoms with Crippen LogP contribution in [-0.2, 0) is 9.53 Å². The average molecular weight is 199 g/mol. The van der Waals surface area contributed by atoms with Crippen LogP contribution in [0.1, 0.15) is 26.2 Å². The van der Waals surface area contributed by atoms with Gasteiger partial charge in [0.1, 0.15) is 5.78 Å². The summed E-state index contributed by atoms with van der Waals surface area (Å²) < 4.78 is 5.11. The summed E-state index contributed by atoms with van der Waals surface area (Å²) in [6, 6.07) is 0.0442. The summed E-state index contributed by atoms with van der Waals surface area (Å²) in [6.45, 7) is 3.15. The van der Waals surface area contributed by atoms with Crippen molar-refractivity contribution in [1.29, 1.82) is 0 Å². The maximum absolute atomic E-state index is 11.4. The molecule has 2 saturated heterocycles. The van der Waals surface area contributed by atoms with E-state index in [0.29, 0.717) is 6.61 Å². The van der Waals surface area contributed by atoms with Gasteiger partial charge >= 0.3 is 0 Å². The fraction of sp³-hybridized carbons (Fsp3) is 0.900. The van der Waals surface area contributed by atoms with Gasteiger partial charge in [0.25, 0.3) is 0 Å². The van der Waals surface area contributed by atoms with Gasteiger partial charge in [-0.15, -0.1) is 0 Å². The molecule has 2 aliphatic heterocycles. The Hall–Kier alpha value is -0.450. The van der Waals surface area contributed by atoms with Crippen LogP contribution in [0.15, 0.2) is 0 Å². The molecule has 4 nitrogen and oxygen atoms in total. The number of aliphatic hydroxyl groups excluding tert-OH is 1. The Morgan fingerprint density at radius 2 is 2.29 bits per heavy atom. The zero-order valence-electron chi connectivity index (χ0n) is 8.48. The Bertz CT molecular complexity index is 231. The Balaban J connectivity index is 2.05. The zero-order chi connectivity index (χ0) is 10.1. The highest BCUT2D eigenvalue weighted by molar-refractivity contribution is 5.81. The van der Waals surface area contributed by atoms with E-state index in [1.54, 1.807) is 6.92 Å². The molecule has 4 heteroatoms. The van der Waals surface area contributed by atoms with Gasteiger partial charge in [0.05, 0.1) is 18.7 Å². The van der Waals surface area contributed by atoms with Gasteiger partial charge in [-0.3, -0.25) is 9.69 Å². The maximum atomic E-state index is 11.4. The van der Waals surface area contributed by atoms with Gasteiger partial charge in [-0.2, -0.15) is 0 Å². The SMILES string of the molecule is CC(=O)[C@H]1CCCN1C1CCOC1O. The molecule has 0 spiro atoms. The molecule has 0 aromatic heterocycles. The van der Waals surface area contributed by atoms with Gasteiger partial charge in [0.15, 0.2) is 6.29 Å². The number of carbonyl (C=O) groups is 1. The molecule has 0 bridgehead atoms. The van der Waals surface area contributed by atoms with Gasteiger partial charge in [0, 0.05) is 0 Å². The first-order chi connectivity index (χ1) is 6.70. The number of rotatable bonds is 2. The Kier molecular flexibility index (Phi) is 2.85. The lowest BCUT2D eigenvalue weighted by Crippen LogP contribution is -2.46. The molecule has 0 saturated carbocycles. The van der Waals surface area contributed by atoms with Crippen LogP contribution in [0.4, 0.5) is 0 Å². The molecule has 2 fully saturated rings. The molecule has 1 N–H and O–H groups in total. The average Bonchev–Trinajstić information content (AvgIpc) is 2.70. The van der Waals surface area contributed by atoms with Gasteiger partial charge in [-0.1, -0.05) is 0 Å². The Morgan fingerprint density at radius 1 is 1.50 bits per heavy atom. The molecule has 2 rings (SSSR count). The van der Waals surface area contributed by atoms with E-state index in [0.717, 1.165) is 25.8 Å². The van der Waals surface area contributed by atoms with Crippen LogP contribution in [0.2, 0.25) is 0 Å². The summed E-state index contributed by atoms with van der Waals surface area (Å²) in [7, 11) is 0. The molecule has 3 atom stereocenters. The standard InChI is InChI=1S/C10H17NO3/c1-7(12)8-3-2-5-11(8)9-4-6-14-10(9)13/h8-10,13H,2-6H2,1H3/t8-,9?,10?/m1/s1. The minimum atomic E-state index is -0.699. The molecule has 0 aromatic rings. The molecule has 14 heavy (non-hydrogen) atoms. The summed E-state index contributed by atoms with van der Waals surface area (Å²) in [5.74, 6) is 0.210. The van der Waals surface area contributed by atoms with E-state index in [1.807, 2.05) is 0 Å². The summed E-state index contributed by atoms with van der Waals surface area (Å²) in [5.41, 5.74) is 0. The maximum Gasteiger partial charge on any atom is 0.170 e. The second kappa shape index (κ2) is 3.96. The van der Waals surface area contributed by atoms with Crippen LogP contribution >= 0.6 is 0 Å². The summed E-state index contributed by atoms with van der Waals surface area (Å²) in [6.07, 6.45) is 2.12. The molecule has 2 unspecified atom stereocenters. The largest absolute Gasteiger partial charge is 0.367 e. The van der Waals surface area contributed by atoms with Crippen LogP contribution in [0.25, 0.3) is 0 Å². The van der Waals surface area contributed by atoms with Gasteiger partial charge in [0.2, 0.25) is 0 Å². The number of aliphatic hydroxyl groups is 1. The number of ether oxygens (including phenoxy) is 1. The monoisotopic (exact) mass is 199 g/mol. The van der Waals surface area contributed by atoms with Crippen molar-refractivity contribution in [1.82, 2.24) is 4.90 Å². The molecule has 0 amide bonds. The van der Waals surface area contributed by atoms with Gasteiger partial charge in [-0.05, 0) is 32.7 Å². The van der Waals surface area contributed by atoms with E-state index in [2.05, 4.69) is 4.90 Å². The predicted octanol–water partition coefficient (Wildman–Crippen LogP) is 0.147. The smallest absolute Gasteiger partial charge is 0.170 e. The first kappa shape index (κ1) is 10.1. The van der Waals surface area contributed by atoms with Crippen LogP contribution < -0.4 is 0 Å². The first-order valence-corrected chi connectivity index (χ1v) is 5.26. The molecule has 0 aliphatic carbocycles. The molecule has 0 aromatic carbocycles. The number of nitrogens with zero attached hydrogens (tertiary/aromatic N) is 1. The number of ketones is 1. The van der Waals surface area contributed by atoms with Crippen molar-refractivity contribution in [3.63, 3.8) is 0 Å². The second-order valence-corrected chi connectivity index (χ2v) is 4.12. The minimum Gasteiger partial charge on any atom is -0.367 e. The molecule has 0 radical (unpaired) electrons. The highest BCUT2D eigenvalue weighted by Crippen LogP contribution is 2.27. The quantitative estimate of drug-likeness (QED) is 0.687. The minimum absolute atomic E-state index is 0.0105. The molecule has 2 aliphatic rings. The van der Waals surface area contributed by atoms with E-state index in [1.165, 1.54) is 0 Å². The number of hydrogen-bond acceptors (Lipinski definition) is 4. The summed E-state index contributed by atoms with van der Waals surface area (Å²) in [4.78, 5) is 13.5. The third-order valence-corrected chi connectivity index (χ3v) is 3.22. The highest BCUT2D eigenvalue weighted by Gasteiger charge is 2.39. The fourth-order valence-corrected chi connectivity index (χ4v) is 2.52. The summed E-state index contributed by atoms with van der Waals surface area (Å²) in [5, 5.41) is 9.57. The summed E-state index contributed by atoms with van der Waals surface area (Å²) >= 11 is 0. The first-order valence-electron chi connectivity index (χ1n) is 5.26. The normalized spacial score (nSPS) is 39.1. The third kappa shape index (κ3) is 1.69. The van der Waals surface area contributed by atoms with Crippen LogP contribution in [0.3, 0.4) is 0 Å².